The monoisotopic (exact) mass is 347 g/mol. The van der Waals surface area contributed by atoms with E-state index in [4.69, 9.17) is 0 Å². The van der Waals surface area contributed by atoms with Crippen LogP contribution in [0.1, 0.15) is 23.5 Å². The molecule has 1 saturated heterocycles. The standard InChI is InChI=1S/C18H18FNO3S/c19-24(22,23)16-11-18(21)20(12-16)13-17(14-7-3-1-4-8-14)15-9-5-2-6-10-15/h1-10,16-17H,11-13H2. The minimum Gasteiger partial charge on any atom is -0.340 e. The van der Waals surface area contributed by atoms with E-state index in [9.17, 15) is 17.1 Å². The highest BCUT2D eigenvalue weighted by molar-refractivity contribution is 7.87. The van der Waals surface area contributed by atoms with Gasteiger partial charge in [0.05, 0.1) is 0 Å². The molecule has 1 fully saturated rings. The van der Waals surface area contributed by atoms with Crippen molar-refractivity contribution >= 4 is 16.1 Å². The normalized spacial score (nSPS) is 18.3. The zero-order valence-corrected chi connectivity index (χ0v) is 13.8. The number of halogens is 1. The topological polar surface area (TPSA) is 54.5 Å². The molecule has 0 N–H and O–H groups in total. The Labute approximate surface area is 141 Å². The summed E-state index contributed by atoms with van der Waals surface area (Å²) < 4.78 is 35.4. The molecule has 1 heterocycles. The summed E-state index contributed by atoms with van der Waals surface area (Å²) in [6.07, 6.45) is -0.283. The van der Waals surface area contributed by atoms with Crippen LogP contribution < -0.4 is 0 Å². The molecule has 1 aliphatic heterocycles. The van der Waals surface area contributed by atoms with Crippen molar-refractivity contribution in [3.05, 3.63) is 71.8 Å². The average Bonchev–Trinajstić information content (AvgIpc) is 2.95. The molecule has 3 rings (SSSR count). The van der Waals surface area contributed by atoms with E-state index in [1.807, 2.05) is 60.7 Å². The Morgan fingerprint density at radius 2 is 1.50 bits per heavy atom. The van der Waals surface area contributed by atoms with Crippen LogP contribution in [0.5, 0.6) is 0 Å². The van der Waals surface area contributed by atoms with Gasteiger partial charge in [0.1, 0.15) is 5.25 Å². The van der Waals surface area contributed by atoms with Gasteiger partial charge in [-0.05, 0) is 11.1 Å². The average molecular weight is 347 g/mol. The molecule has 0 saturated carbocycles. The fraction of sp³-hybridized carbons (Fsp3) is 0.278. The molecule has 1 unspecified atom stereocenters. The summed E-state index contributed by atoms with van der Waals surface area (Å²) in [7, 11) is -4.70. The fourth-order valence-corrected chi connectivity index (χ4v) is 3.79. The molecule has 0 aliphatic carbocycles. The van der Waals surface area contributed by atoms with Crippen LogP contribution in [0.2, 0.25) is 0 Å². The number of carbonyl (C=O) groups is 1. The minimum absolute atomic E-state index is 0.0857. The van der Waals surface area contributed by atoms with Gasteiger partial charge in [0.25, 0.3) is 0 Å². The first-order valence-corrected chi connectivity index (χ1v) is 9.21. The highest BCUT2D eigenvalue weighted by Gasteiger charge is 2.39. The van der Waals surface area contributed by atoms with Crippen LogP contribution in [-0.2, 0) is 15.0 Å². The second-order valence-corrected chi connectivity index (χ2v) is 7.59. The summed E-state index contributed by atoms with van der Waals surface area (Å²) in [6, 6.07) is 19.4. The van der Waals surface area contributed by atoms with E-state index < -0.39 is 15.5 Å². The molecule has 126 valence electrons. The summed E-state index contributed by atoms with van der Waals surface area (Å²) >= 11 is 0. The van der Waals surface area contributed by atoms with Gasteiger partial charge in [-0.3, -0.25) is 4.79 Å². The fourth-order valence-electron chi connectivity index (χ4n) is 3.10. The minimum atomic E-state index is -4.70. The molecule has 2 aromatic rings. The van der Waals surface area contributed by atoms with Crippen LogP contribution in [-0.4, -0.2) is 37.6 Å². The van der Waals surface area contributed by atoms with E-state index >= 15 is 0 Å². The van der Waals surface area contributed by atoms with Crippen LogP contribution in [0.3, 0.4) is 0 Å². The largest absolute Gasteiger partial charge is 0.340 e. The Bertz CT molecular complexity index is 769. The molecular formula is C18H18FNO3S. The lowest BCUT2D eigenvalue weighted by atomic mass is 9.91. The lowest BCUT2D eigenvalue weighted by Gasteiger charge is -2.25. The van der Waals surface area contributed by atoms with E-state index in [0.717, 1.165) is 11.1 Å². The predicted octanol–water partition coefficient (Wildman–Crippen LogP) is 2.72. The van der Waals surface area contributed by atoms with Gasteiger partial charge in [-0.15, -0.1) is 3.89 Å². The number of hydrogen-bond acceptors (Lipinski definition) is 3. The smallest absolute Gasteiger partial charge is 0.307 e. The predicted molar refractivity (Wildman–Crippen MR) is 89.7 cm³/mol. The Balaban J connectivity index is 1.87. The summed E-state index contributed by atoms with van der Waals surface area (Å²) in [5.41, 5.74) is 2.06. The van der Waals surface area contributed by atoms with Gasteiger partial charge in [-0.2, -0.15) is 8.42 Å². The second kappa shape index (κ2) is 6.73. The number of carbonyl (C=O) groups excluding carboxylic acids is 1. The van der Waals surface area contributed by atoms with Crippen LogP contribution in [0, 0.1) is 0 Å². The Morgan fingerprint density at radius 3 is 1.92 bits per heavy atom. The second-order valence-electron chi connectivity index (χ2n) is 5.97. The van der Waals surface area contributed by atoms with Crippen LogP contribution in [0.4, 0.5) is 3.89 Å². The van der Waals surface area contributed by atoms with Crippen LogP contribution in [0.25, 0.3) is 0 Å². The Hall–Kier alpha value is -2.21. The molecule has 2 aromatic carbocycles. The quantitative estimate of drug-likeness (QED) is 0.782. The molecular weight excluding hydrogens is 329 g/mol. The van der Waals surface area contributed by atoms with Gasteiger partial charge >= 0.3 is 10.2 Å². The van der Waals surface area contributed by atoms with Crippen molar-refractivity contribution in [3.63, 3.8) is 0 Å². The number of rotatable bonds is 5. The molecule has 24 heavy (non-hydrogen) atoms. The van der Waals surface area contributed by atoms with Crippen molar-refractivity contribution in [2.24, 2.45) is 0 Å². The lowest BCUT2D eigenvalue weighted by molar-refractivity contribution is -0.127. The third kappa shape index (κ3) is 3.64. The molecule has 4 nitrogen and oxygen atoms in total. The molecule has 1 atom stereocenters. The van der Waals surface area contributed by atoms with Gasteiger partial charge in [-0.25, -0.2) is 0 Å². The molecule has 0 spiro atoms. The summed E-state index contributed by atoms with van der Waals surface area (Å²) in [5.74, 6) is -0.407. The maximum absolute atomic E-state index is 13.2. The number of likely N-dealkylation sites (tertiary alicyclic amines) is 1. The molecule has 0 radical (unpaired) electrons. The SMILES string of the molecule is O=C1CC(S(=O)(=O)F)CN1CC(c1ccccc1)c1ccccc1. The van der Waals surface area contributed by atoms with E-state index in [0.29, 0.717) is 6.54 Å². The van der Waals surface area contributed by atoms with Gasteiger partial charge in [-0.1, -0.05) is 60.7 Å². The zero-order valence-electron chi connectivity index (χ0n) is 13.0. The molecule has 1 amide bonds. The maximum atomic E-state index is 13.2. The first-order valence-electron chi connectivity index (χ1n) is 7.76. The molecule has 1 aliphatic rings. The maximum Gasteiger partial charge on any atom is 0.307 e. The molecule has 0 aromatic heterocycles. The van der Waals surface area contributed by atoms with E-state index in [-0.39, 0.29) is 24.8 Å². The van der Waals surface area contributed by atoms with Crippen molar-refractivity contribution < 1.29 is 17.1 Å². The third-order valence-electron chi connectivity index (χ3n) is 4.38. The Morgan fingerprint density at radius 1 is 1.00 bits per heavy atom. The molecule has 6 heteroatoms. The van der Waals surface area contributed by atoms with Crippen molar-refractivity contribution in [2.75, 3.05) is 13.1 Å². The first kappa shape index (κ1) is 16.6. The molecule has 0 bridgehead atoms. The zero-order chi connectivity index (χ0) is 17.2. The van der Waals surface area contributed by atoms with Crippen LogP contribution >= 0.6 is 0 Å². The van der Waals surface area contributed by atoms with E-state index in [2.05, 4.69) is 0 Å². The number of benzene rings is 2. The lowest BCUT2D eigenvalue weighted by Crippen LogP contribution is -2.32. The summed E-state index contributed by atoms with van der Waals surface area (Å²) in [6.45, 7) is 0.243. The van der Waals surface area contributed by atoms with Gasteiger partial charge < -0.3 is 4.90 Å². The highest BCUT2D eigenvalue weighted by Crippen LogP contribution is 2.28. The van der Waals surface area contributed by atoms with Gasteiger partial charge in [0, 0.05) is 25.4 Å². The summed E-state index contributed by atoms with van der Waals surface area (Å²) in [4.78, 5) is 13.6. The van der Waals surface area contributed by atoms with Crippen molar-refractivity contribution in [1.82, 2.24) is 4.90 Å². The van der Waals surface area contributed by atoms with Gasteiger partial charge in [0.15, 0.2) is 0 Å². The number of nitrogens with zero attached hydrogens (tertiary/aromatic N) is 1. The van der Waals surface area contributed by atoms with Crippen molar-refractivity contribution in [3.8, 4) is 0 Å². The van der Waals surface area contributed by atoms with Crippen molar-refractivity contribution in [1.29, 1.82) is 0 Å². The number of hydrogen-bond donors (Lipinski definition) is 0. The van der Waals surface area contributed by atoms with E-state index in [1.165, 1.54) is 4.90 Å². The summed E-state index contributed by atoms with van der Waals surface area (Å²) in [5, 5.41) is -1.25. The first-order chi connectivity index (χ1) is 11.4. The van der Waals surface area contributed by atoms with Crippen LogP contribution in [0.15, 0.2) is 60.7 Å². The van der Waals surface area contributed by atoms with Gasteiger partial charge in [0.2, 0.25) is 5.91 Å². The number of amides is 1. The third-order valence-corrected chi connectivity index (χ3v) is 5.50. The van der Waals surface area contributed by atoms with E-state index in [1.54, 1.807) is 0 Å². The highest BCUT2D eigenvalue weighted by atomic mass is 32.3. The van der Waals surface area contributed by atoms with Crippen molar-refractivity contribution in [2.45, 2.75) is 17.6 Å². The Kier molecular flexibility index (Phi) is 4.66.